The molecule has 1 unspecified atom stereocenters. The number of allylic oxidation sites excluding steroid dienone is 3. The molecule has 4 N–H and O–H groups in total. The van der Waals surface area contributed by atoms with Crippen molar-refractivity contribution in [2.75, 3.05) is 7.05 Å². The quantitative estimate of drug-likeness (QED) is 0.302. The number of likely N-dealkylation sites (N-methyl/N-ethyl adjacent to an activating group) is 1. The zero-order valence-electron chi connectivity index (χ0n) is 22.4. The van der Waals surface area contributed by atoms with Crippen molar-refractivity contribution in [2.24, 2.45) is 10.7 Å². The van der Waals surface area contributed by atoms with Crippen LogP contribution in [0, 0.1) is 5.41 Å². The topological polar surface area (TPSA) is 74.3 Å². The van der Waals surface area contributed by atoms with E-state index in [0.717, 1.165) is 51.7 Å². The number of hydrogen-bond acceptors (Lipinski definition) is 4. The number of hydrogen-bond donors (Lipinski definition) is 3. The summed E-state index contributed by atoms with van der Waals surface area (Å²) in [4.78, 5) is 4.21. The Morgan fingerprint density at radius 3 is 2.08 bits per heavy atom. The zero-order valence-corrected chi connectivity index (χ0v) is 22.4. The number of rotatable bonds is 10. The number of nitrogens with zero attached hydrogens (tertiary/aromatic N) is 1. The molecule has 0 spiro atoms. The number of alkyl halides is 2. The third-order valence-corrected chi connectivity index (χ3v) is 6.47. The van der Waals surface area contributed by atoms with Gasteiger partial charge in [-0.05, 0) is 76.6 Å². The SMILES string of the molecule is C=Nc1ccc(C(C)(C(C(C)=N)=C(C)C)/C(=C/N)NC)cc1/C=C(\C)Cc1ccc(C(C)(F)F)cc1. The van der Waals surface area contributed by atoms with Crippen molar-refractivity contribution in [3.05, 3.63) is 93.3 Å². The molecular weight excluding hydrogens is 454 g/mol. The van der Waals surface area contributed by atoms with Crippen molar-refractivity contribution in [1.82, 2.24) is 5.32 Å². The number of benzene rings is 2. The van der Waals surface area contributed by atoms with Crippen molar-refractivity contribution in [3.63, 3.8) is 0 Å². The minimum atomic E-state index is -2.86. The summed E-state index contributed by atoms with van der Waals surface area (Å²) in [6, 6.07) is 12.4. The number of aliphatic imine (C=N–C) groups is 1. The van der Waals surface area contributed by atoms with E-state index in [1.54, 1.807) is 25.3 Å². The predicted molar refractivity (Wildman–Crippen MR) is 149 cm³/mol. The first kappa shape index (κ1) is 28.7. The van der Waals surface area contributed by atoms with E-state index in [1.165, 1.54) is 12.1 Å². The van der Waals surface area contributed by atoms with Gasteiger partial charge in [0.1, 0.15) is 0 Å². The van der Waals surface area contributed by atoms with Crippen LogP contribution in [-0.4, -0.2) is 19.5 Å². The lowest BCUT2D eigenvalue weighted by molar-refractivity contribution is 0.0174. The summed E-state index contributed by atoms with van der Waals surface area (Å²) in [6.45, 7) is 14.5. The fraction of sp³-hybridized carbons (Fsp3) is 0.333. The van der Waals surface area contributed by atoms with E-state index in [1.807, 2.05) is 46.0 Å². The Labute approximate surface area is 214 Å². The first-order valence-corrected chi connectivity index (χ1v) is 11.9. The maximum Gasteiger partial charge on any atom is 0.270 e. The standard InChI is InChI=1S/C30H38F2N4/c1-19(2)28(21(4)34)29(5,27(18-33)36-8)25-13-14-26(35-7)23(17-25)16-20(3)15-22-9-11-24(12-10-22)30(6,31)32/h9-14,16-18,34,36H,7,15,33H2,1-6,8H3/b20-16+,27-18-,34-21?. The summed E-state index contributed by atoms with van der Waals surface area (Å²) >= 11 is 0. The molecule has 6 heteroatoms. The molecule has 36 heavy (non-hydrogen) atoms. The van der Waals surface area contributed by atoms with Crippen LogP contribution < -0.4 is 11.1 Å². The molecule has 0 amide bonds. The lowest BCUT2D eigenvalue weighted by Crippen LogP contribution is -2.37. The van der Waals surface area contributed by atoms with Crippen molar-refractivity contribution >= 4 is 24.2 Å². The maximum atomic E-state index is 13.6. The third-order valence-electron chi connectivity index (χ3n) is 6.47. The van der Waals surface area contributed by atoms with Gasteiger partial charge in [-0.2, -0.15) is 0 Å². The number of nitrogens with one attached hydrogen (secondary N) is 2. The van der Waals surface area contributed by atoms with Crippen LogP contribution in [0.5, 0.6) is 0 Å². The Morgan fingerprint density at radius 2 is 1.64 bits per heavy atom. The fourth-order valence-corrected chi connectivity index (χ4v) is 4.86. The number of halogens is 2. The van der Waals surface area contributed by atoms with Crippen LogP contribution in [0.15, 0.2) is 76.1 Å². The largest absolute Gasteiger partial charge is 0.403 e. The Morgan fingerprint density at radius 1 is 1.06 bits per heavy atom. The molecule has 2 rings (SSSR count). The van der Waals surface area contributed by atoms with E-state index in [-0.39, 0.29) is 5.56 Å². The minimum absolute atomic E-state index is 0.00266. The lowest BCUT2D eigenvalue weighted by Gasteiger charge is -2.36. The Bertz CT molecular complexity index is 1210. The molecular formula is C30H38F2N4. The predicted octanol–water partition coefficient (Wildman–Crippen LogP) is 7.43. The molecule has 0 heterocycles. The van der Waals surface area contributed by atoms with Crippen molar-refractivity contribution in [1.29, 1.82) is 5.41 Å². The highest BCUT2D eigenvalue weighted by Gasteiger charge is 2.37. The van der Waals surface area contributed by atoms with Gasteiger partial charge in [-0.25, -0.2) is 8.78 Å². The van der Waals surface area contributed by atoms with Crippen LogP contribution in [0.3, 0.4) is 0 Å². The van der Waals surface area contributed by atoms with Gasteiger partial charge in [-0.1, -0.05) is 47.6 Å². The molecule has 0 aliphatic rings. The summed E-state index contributed by atoms with van der Waals surface area (Å²) in [5.41, 5.74) is 13.1. The van der Waals surface area contributed by atoms with Gasteiger partial charge in [0.25, 0.3) is 5.92 Å². The van der Waals surface area contributed by atoms with Crippen LogP contribution in [0.25, 0.3) is 6.08 Å². The molecule has 0 radical (unpaired) electrons. The molecule has 0 fully saturated rings. The van der Waals surface area contributed by atoms with Crippen molar-refractivity contribution in [2.45, 2.75) is 59.3 Å². The van der Waals surface area contributed by atoms with Gasteiger partial charge in [0.05, 0.1) is 11.1 Å². The highest BCUT2D eigenvalue weighted by atomic mass is 19.3. The van der Waals surface area contributed by atoms with Gasteiger partial charge in [0, 0.05) is 42.7 Å². The second kappa shape index (κ2) is 11.5. The molecule has 1 atom stereocenters. The molecule has 0 saturated heterocycles. The molecule has 2 aromatic rings. The summed E-state index contributed by atoms with van der Waals surface area (Å²) in [5, 5.41) is 11.7. The molecule has 0 aliphatic carbocycles. The molecule has 0 aromatic heterocycles. The average molecular weight is 493 g/mol. The molecule has 4 nitrogen and oxygen atoms in total. The van der Waals surface area contributed by atoms with E-state index in [2.05, 4.69) is 30.0 Å². The van der Waals surface area contributed by atoms with E-state index < -0.39 is 11.3 Å². The summed E-state index contributed by atoms with van der Waals surface area (Å²) in [7, 11) is 1.82. The summed E-state index contributed by atoms with van der Waals surface area (Å²) in [5.74, 6) is -2.86. The minimum Gasteiger partial charge on any atom is -0.403 e. The smallest absolute Gasteiger partial charge is 0.270 e. The summed E-state index contributed by atoms with van der Waals surface area (Å²) in [6.07, 6.45) is 4.20. The third kappa shape index (κ3) is 6.17. The Hall–Kier alpha value is -3.54. The number of nitrogens with two attached hydrogens (primary N) is 1. The normalized spacial score (nSPS) is 14.1. The van der Waals surface area contributed by atoms with Crippen LogP contribution in [0.4, 0.5) is 14.5 Å². The van der Waals surface area contributed by atoms with Crippen molar-refractivity contribution in [3.8, 4) is 0 Å². The summed E-state index contributed by atoms with van der Waals surface area (Å²) < 4.78 is 27.1. The van der Waals surface area contributed by atoms with Gasteiger partial charge >= 0.3 is 0 Å². The second-order valence-corrected chi connectivity index (χ2v) is 9.64. The van der Waals surface area contributed by atoms with Gasteiger partial charge in [-0.3, -0.25) is 4.99 Å². The second-order valence-electron chi connectivity index (χ2n) is 9.64. The fourth-order valence-electron chi connectivity index (χ4n) is 4.86. The molecule has 192 valence electrons. The molecule has 0 aliphatic heterocycles. The first-order valence-electron chi connectivity index (χ1n) is 11.9. The lowest BCUT2D eigenvalue weighted by atomic mass is 9.69. The van der Waals surface area contributed by atoms with Gasteiger partial charge in [0.15, 0.2) is 0 Å². The highest BCUT2D eigenvalue weighted by Crippen LogP contribution is 2.41. The Balaban J connectivity index is 2.61. The van der Waals surface area contributed by atoms with Crippen LogP contribution in [0.1, 0.15) is 63.8 Å². The molecule has 2 aromatic carbocycles. The van der Waals surface area contributed by atoms with Crippen LogP contribution in [-0.2, 0) is 17.8 Å². The Kier molecular flexibility index (Phi) is 9.14. The van der Waals surface area contributed by atoms with Gasteiger partial charge < -0.3 is 16.5 Å². The molecule has 0 saturated carbocycles. The van der Waals surface area contributed by atoms with E-state index >= 15 is 0 Å². The van der Waals surface area contributed by atoms with Gasteiger partial charge in [0.2, 0.25) is 0 Å². The van der Waals surface area contributed by atoms with Crippen molar-refractivity contribution < 1.29 is 8.78 Å². The first-order chi connectivity index (χ1) is 16.8. The van der Waals surface area contributed by atoms with E-state index in [0.29, 0.717) is 12.1 Å². The van der Waals surface area contributed by atoms with E-state index in [4.69, 9.17) is 11.1 Å². The average Bonchev–Trinajstić information content (AvgIpc) is 2.79. The molecule has 0 bridgehead atoms. The highest BCUT2D eigenvalue weighted by molar-refractivity contribution is 5.99. The van der Waals surface area contributed by atoms with Gasteiger partial charge in [-0.15, -0.1) is 0 Å². The zero-order chi connectivity index (χ0) is 27.3. The van der Waals surface area contributed by atoms with Crippen LogP contribution >= 0.6 is 0 Å². The van der Waals surface area contributed by atoms with Crippen LogP contribution in [0.2, 0.25) is 0 Å². The van der Waals surface area contributed by atoms with E-state index in [9.17, 15) is 8.78 Å². The maximum absolute atomic E-state index is 13.6. The monoisotopic (exact) mass is 492 g/mol.